The zero-order valence-electron chi connectivity index (χ0n) is 14.3. The molecule has 0 saturated heterocycles. The van der Waals surface area contributed by atoms with Gasteiger partial charge in [-0.2, -0.15) is 0 Å². The van der Waals surface area contributed by atoms with Crippen molar-refractivity contribution in [2.24, 2.45) is 9.98 Å². The molecule has 0 aromatic heterocycles. The Morgan fingerprint density at radius 3 is 2.74 bits per heavy atom. The second kappa shape index (κ2) is 6.96. The Hall–Kier alpha value is -3.00. The Balaban J connectivity index is 1.52. The zero-order valence-corrected chi connectivity index (χ0v) is 15.2. The first-order chi connectivity index (χ1) is 13.0. The van der Waals surface area contributed by atoms with Crippen LogP contribution in [0.3, 0.4) is 0 Å². The van der Waals surface area contributed by atoms with E-state index in [1.54, 1.807) is 6.92 Å². The zero-order chi connectivity index (χ0) is 19.0. The normalized spacial score (nSPS) is 17.8. The van der Waals surface area contributed by atoms with E-state index in [0.29, 0.717) is 16.7 Å². The van der Waals surface area contributed by atoms with Gasteiger partial charge in [-0.3, -0.25) is 14.6 Å². The quantitative estimate of drug-likeness (QED) is 0.886. The van der Waals surface area contributed by atoms with Gasteiger partial charge in [-0.25, -0.2) is 14.3 Å². The summed E-state index contributed by atoms with van der Waals surface area (Å²) in [5.74, 6) is -0.175. The summed E-state index contributed by atoms with van der Waals surface area (Å²) in [6, 6.07) is 12.5. The summed E-state index contributed by atoms with van der Waals surface area (Å²) in [6.07, 6.45) is 0. The van der Waals surface area contributed by atoms with Gasteiger partial charge < -0.3 is 5.32 Å². The number of halogens is 1. The van der Waals surface area contributed by atoms with Crippen LogP contribution in [0.1, 0.15) is 12.5 Å². The van der Waals surface area contributed by atoms with E-state index in [2.05, 4.69) is 15.3 Å². The van der Waals surface area contributed by atoms with Gasteiger partial charge in [0.2, 0.25) is 5.91 Å². The molecule has 2 aromatic rings. The van der Waals surface area contributed by atoms with Gasteiger partial charge in [0, 0.05) is 11.3 Å². The molecule has 0 radical (unpaired) electrons. The highest BCUT2D eigenvalue weighted by Gasteiger charge is 2.39. The second-order valence-corrected chi connectivity index (χ2v) is 7.00. The number of nitrogens with one attached hydrogen (secondary N) is 1. The molecule has 4 rings (SSSR count). The number of carbonyl (C=O) groups excluding carboxylic acids is 2. The predicted molar refractivity (Wildman–Crippen MR) is 104 cm³/mol. The van der Waals surface area contributed by atoms with E-state index >= 15 is 0 Å². The first-order valence-electron chi connectivity index (χ1n) is 8.31. The predicted octanol–water partition coefficient (Wildman–Crippen LogP) is 3.18. The molecule has 6 nitrogen and oxygen atoms in total. The number of anilines is 1. The van der Waals surface area contributed by atoms with Crippen LogP contribution in [0.5, 0.6) is 0 Å². The van der Waals surface area contributed by atoms with Crippen LogP contribution < -0.4 is 5.32 Å². The number of fused-ring (bicyclic) bond motifs is 3. The van der Waals surface area contributed by atoms with E-state index in [4.69, 9.17) is 0 Å². The number of rotatable bonds is 3. The molecule has 0 saturated carbocycles. The van der Waals surface area contributed by atoms with Crippen molar-refractivity contribution in [3.8, 4) is 0 Å². The van der Waals surface area contributed by atoms with Crippen LogP contribution in [0.15, 0.2) is 58.5 Å². The Labute approximate surface area is 159 Å². The van der Waals surface area contributed by atoms with Crippen molar-refractivity contribution < 1.29 is 14.0 Å². The number of benzene rings is 2. The largest absolute Gasteiger partial charge is 0.325 e. The Bertz CT molecular complexity index is 987. The van der Waals surface area contributed by atoms with E-state index in [9.17, 15) is 14.0 Å². The van der Waals surface area contributed by atoms with Gasteiger partial charge in [-0.15, -0.1) is 0 Å². The molecule has 2 aliphatic heterocycles. The van der Waals surface area contributed by atoms with Crippen LogP contribution in [0.25, 0.3) is 0 Å². The van der Waals surface area contributed by atoms with Crippen molar-refractivity contribution in [2.45, 2.75) is 13.0 Å². The maximum absolute atomic E-state index is 12.9. The van der Waals surface area contributed by atoms with E-state index < -0.39 is 6.04 Å². The number of thioether (sulfide) groups is 1. The van der Waals surface area contributed by atoms with Gasteiger partial charge >= 0.3 is 0 Å². The smallest absolute Gasteiger partial charge is 0.258 e. The summed E-state index contributed by atoms with van der Waals surface area (Å²) in [5.41, 5.74) is 2.03. The minimum atomic E-state index is -0.481. The van der Waals surface area contributed by atoms with Crippen molar-refractivity contribution in [1.29, 1.82) is 0 Å². The van der Waals surface area contributed by atoms with Gasteiger partial charge in [-0.05, 0) is 43.3 Å². The molecule has 1 N–H and O–H groups in total. The SMILES string of the molecule is CC1N=C2c3ccccc3N=C(SCC(=O)Nc3ccc(F)cc3)N2C1=O. The van der Waals surface area contributed by atoms with Crippen LogP contribution in [0.4, 0.5) is 15.8 Å². The molecule has 0 fully saturated rings. The lowest BCUT2D eigenvalue weighted by Gasteiger charge is -2.25. The summed E-state index contributed by atoms with van der Waals surface area (Å²) in [6.45, 7) is 1.74. The molecule has 27 heavy (non-hydrogen) atoms. The van der Waals surface area contributed by atoms with Gasteiger partial charge in [0.25, 0.3) is 5.91 Å². The van der Waals surface area contributed by atoms with Crippen LogP contribution >= 0.6 is 11.8 Å². The lowest BCUT2D eigenvalue weighted by atomic mass is 10.1. The monoisotopic (exact) mass is 382 g/mol. The third-order valence-electron chi connectivity index (χ3n) is 4.12. The molecule has 136 valence electrons. The Morgan fingerprint density at radius 1 is 1.22 bits per heavy atom. The Morgan fingerprint density at radius 2 is 1.96 bits per heavy atom. The molecule has 2 aliphatic rings. The number of amidine groups is 2. The summed E-state index contributed by atoms with van der Waals surface area (Å²) in [7, 11) is 0. The number of para-hydroxylation sites is 1. The minimum Gasteiger partial charge on any atom is -0.325 e. The topological polar surface area (TPSA) is 74.1 Å². The van der Waals surface area contributed by atoms with Crippen molar-refractivity contribution in [3.05, 3.63) is 59.9 Å². The van der Waals surface area contributed by atoms with E-state index in [0.717, 1.165) is 23.0 Å². The number of nitrogens with zero attached hydrogens (tertiary/aromatic N) is 3. The van der Waals surface area contributed by atoms with Gasteiger partial charge in [0.15, 0.2) is 5.17 Å². The maximum atomic E-state index is 12.9. The number of hydrogen-bond acceptors (Lipinski definition) is 5. The molecule has 2 aromatic carbocycles. The molecule has 1 atom stereocenters. The van der Waals surface area contributed by atoms with Crippen molar-refractivity contribution in [3.63, 3.8) is 0 Å². The van der Waals surface area contributed by atoms with E-state index in [-0.39, 0.29) is 23.4 Å². The average Bonchev–Trinajstić information content (AvgIpc) is 2.97. The van der Waals surface area contributed by atoms with E-state index in [1.165, 1.54) is 29.2 Å². The molecule has 1 unspecified atom stereocenters. The molecular formula is C19H15FN4O2S. The maximum Gasteiger partial charge on any atom is 0.258 e. The first kappa shape index (κ1) is 17.4. The standard InChI is InChI=1S/C19H15FN4O2S/c1-11-18(26)24-17(21-11)14-4-2-3-5-15(14)23-19(24)27-10-16(25)22-13-8-6-12(20)7-9-13/h2-9,11H,10H2,1H3,(H,22,25). The van der Waals surface area contributed by atoms with Crippen molar-refractivity contribution >= 4 is 46.0 Å². The highest BCUT2D eigenvalue weighted by molar-refractivity contribution is 8.14. The third kappa shape index (κ3) is 3.35. The second-order valence-electron chi connectivity index (χ2n) is 6.06. The first-order valence-corrected chi connectivity index (χ1v) is 9.29. The fraction of sp³-hybridized carbons (Fsp3) is 0.158. The molecule has 2 amide bonds. The van der Waals surface area contributed by atoms with Crippen LogP contribution in [-0.2, 0) is 9.59 Å². The van der Waals surface area contributed by atoms with Crippen molar-refractivity contribution in [1.82, 2.24) is 4.90 Å². The van der Waals surface area contributed by atoms with Crippen LogP contribution in [0, 0.1) is 5.82 Å². The highest BCUT2D eigenvalue weighted by Crippen LogP contribution is 2.33. The lowest BCUT2D eigenvalue weighted by molar-refractivity contribution is -0.124. The summed E-state index contributed by atoms with van der Waals surface area (Å²) >= 11 is 1.16. The highest BCUT2D eigenvalue weighted by atomic mass is 32.2. The van der Waals surface area contributed by atoms with Gasteiger partial charge in [-0.1, -0.05) is 23.9 Å². The fourth-order valence-electron chi connectivity index (χ4n) is 2.83. The Kier molecular flexibility index (Phi) is 4.49. The van der Waals surface area contributed by atoms with Gasteiger partial charge in [0.05, 0.1) is 11.4 Å². The summed E-state index contributed by atoms with van der Waals surface area (Å²) in [4.78, 5) is 35.2. The molecule has 0 bridgehead atoms. The average molecular weight is 382 g/mol. The molecule has 0 spiro atoms. The summed E-state index contributed by atoms with van der Waals surface area (Å²) < 4.78 is 12.9. The lowest BCUT2D eigenvalue weighted by Crippen LogP contribution is -2.41. The van der Waals surface area contributed by atoms with Crippen LogP contribution in [-0.4, -0.2) is 39.5 Å². The molecule has 8 heteroatoms. The van der Waals surface area contributed by atoms with E-state index in [1.807, 2.05) is 24.3 Å². The number of carbonyl (C=O) groups is 2. The molecule has 0 aliphatic carbocycles. The van der Waals surface area contributed by atoms with Crippen molar-refractivity contribution in [2.75, 3.05) is 11.1 Å². The summed E-state index contributed by atoms with van der Waals surface area (Å²) in [5, 5.41) is 3.12. The number of hydrogen-bond donors (Lipinski definition) is 1. The number of aliphatic imine (C=N–C) groups is 2. The van der Waals surface area contributed by atoms with Gasteiger partial charge in [0.1, 0.15) is 17.7 Å². The van der Waals surface area contributed by atoms with Crippen LogP contribution in [0.2, 0.25) is 0 Å². The number of amides is 2. The molecule has 2 heterocycles. The minimum absolute atomic E-state index is 0.0593. The fourth-order valence-corrected chi connectivity index (χ4v) is 3.63. The molecular weight excluding hydrogens is 367 g/mol. The third-order valence-corrected chi connectivity index (χ3v) is 5.06.